The minimum absolute atomic E-state index is 0.191. The molecule has 3 aliphatic heterocycles. The van der Waals surface area contributed by atoms with Crippen LogP contribution in [0.2, 0.25) is 0 Å². The number of hydrogen-bond donors (Lipinski definition) is 0. The van der Waals surface area contributed by atoms with E-state index in [1.807, 2.05) is 0 Å². The Morgan fingerprint density at radius 3 is 2.82 bits per heavy atom. The molecule has 0 unspecified atom stereocenters. The number of piperidine rings is 2. The molecule has 3 aliphatic rings. The maximum absolute atomic E-state index is 12.2. The van der Waals surface area contributed by atoms with Crippen LogP contribution in [0.4, 0.5) is 0 Å². The fourth-order valence-corrected chi connectivity index (χ4v) is 5.98. The summed E-state index contributed by atoms with van der Waals surface area (Å²) in [4.78, 5) is 2.59. The van der Waals surface area contributed by atoms with Gasteiger partial charge < -0.3 is 0 Å². The average Bonchev–Trinajstić information content (AvgIpc) is 2.51. The van der Waals surface area contributed by atoms with Crippen LogP contribution in [0.25, 0.3) is 0 Å². The number of sulfonamides is 1. The summed E-state index contributed by atoms with van der Waals surface area (Å²) < 4.78 is 26.1. The molecule has 120 valence electrons. The van der Waals surface area contributed by atoms with Crippen LogP contribution < -0.4 is 0 Å². The summed E-state index contributed by atoms with van der Waals surface area (Å²) in [6.45, 7) is 2.87. The van der Waals surface area contributed by atoms with Gasteiger partial charge >= 0.3 is 0 Å². The van der Waals surface area contributed by atoms with Gasteiger partial charge in [0.2, 0.25) is 10.0 Å². The Hall–Kier alpha value is -0.910. The Morgan fingerprint density at radius 1 is 1.18 bits per heavy atom. The first kappa shape index (κ1) is 14.7. The maximum atomic E-state index is 12.2. The van der Waals surface area contributed by atoms with Gasteiger partial charge in [0.25, 0.3) is 0 Å². The third kappa shape index (κ3) is 2.39. The molecule has 0 spiro atoms. The van der Waals surface area contributed by atoms with Crippen molar-refractivity contribution in [3.8, 4) is 0 Å². The van der Waals surface area contributed by atoms with Crippen molar-refractivity contribution in [2.45, 2.75) is 37.8 Å². The van der Waals surface area contributed by atoms with Gasteiger partial charge in [-0.25, -0.2) is 8.42 Å². The van der Waals surface area contributed by atoms with Gasteiger partial charge in [-0.15, -0.1) is 0 Å². The molecule has 0 amide bonds. The molecule has 0 aromatic heterocycles. The van der Waals surface area contributed by atoms with Gasteiger partial charge in [0.15, 0.2) is 0 Å². The first-order valence-electron chi connectivity index (χ1n) is 8.33. The van der Waals surface area contributed by atoms with E-state index in [-0.39, 0.29) is 6.04 Å². The van der Waals surface area contributed by atoms with Crippen LogP contribution in [0.5, 0.6) is 0 Å². The summed E-state index contributed by atoms with van der Waals surface area (Å²) in [5.74, 6) is 0.505. The SMILES string of the molecule is CS(=O)(=O)N1CCC[C@H]2CN3CCc4ccccc4[C@@H]3C[C@@H]21. The van der Waals surface area contributed by atoms with E-state index in [1.54, 1.807) is 4.31 Å². The molecule has 4 nitrogen and oxygen atoms in total. The van der Waals surface area contributed by atoms with Gasteiger partial charge in [0.05, 0.1) is 6.26 Å². The molecule has 3 heterocycles. The van der Waals surface area contributed by atoms with E-state index in [0.29, 0.717) is 18.5 Å². The molecular weight excluding hydrogens is 296 g/mol. The number of nitrogens with zero attached hydrogens (tertiary/aromatic N) is 2. The normalized spacial score (nSPS) is 32.9. The summed E-state index contributed by atoms with van der Waals surface area (Å²) in [5.41, 5.74) is 2.87. The first-order valence-corrected chi connectivity index (χ1v) is 10.2. The van der Waals surface area contributed by atoms with E-state index in [4.69, 9.17) is 0 Å². The quantitative estimate of drug-likeness (QED) is 0.795. The molecule has 1 aromatic carbocycles. The Morgan fingerprint density at radius 2 is 2.00 bits per heavy atom. The summed E-state index contributed by atoms with van der Waals surface area (Å²) in [5, 5.41) is 0. The standard InChI is InChI=1S/C17H24N2O2S/c1-22(20,21)19-9-4-6-14-12-18-10-8-13-5-2-3-7-15(13)17(18)11-16(14)19/h2-3,5,7,14,16-17H,4,6,8-12H2,1H3/t14-,16-,17-/m0/s1. The van der Waals surface area contributed by atoms with Crippen LogP contribution >= 0.6 is 0 Å². The molecule has 0 saturated carbocycles. The van der Waals surface area contributed by atoms with E-state index >= 15 is 0 Å². The van der Waals surface area contributed by atoms with Crippen molar-refractivity contribution >= 4 is 10.0 Å². The van der Waals surface area contributed by atoms with Gasteiger partial charge in [0, 0.05) is 31.7 Å². The fourth-order valence-electron chi connectivity index (χ4n) is 4.77. The number of hydrogen-bond acceptors (Lipinski definition) is 3. The van der Waals surface area contributed by atoms with Crippen molar-refractivity contribution in [1.82, 2.24) is 9.21 Å². The van der Waals surface area contributed by atoms with Gasteiger partial charge in [-0.3, -0.25) is 4.90 Å². The largest absolute Gasteiger partial charge is 0.296 e. The van der Waals surface area contributed by atoms with Crippen molar-refractivity contribution in [1.29, 1.82) is 0 Å². The zero-order valence-electron chi connectivity index (χ0n) is 13.1. The van der Waals surface area contributed by atoms with Crippen LogP contribution in [-0.4, -0.2) is 49.6 Å². The Bertz CT molecular complexity index is 673. The Labute approximate surface area is 133 Å². The number of benzene rings is 1. The van der Waals surface area contributed by atoms with Gasteiger partial charge in [-0.05, 0) is 42.7 Å². The molecule has 2 fully saturated rings. The number of fused-ring (bicyclic) bond motifs is 4. The third-order valence-electron chi connectivity index (χ3n) is 5.75. The Kier molecular flexibility index (Phi) is 3.55. The minimum atomic E-state index is -3.10. The molecule has 0 bridgehead atoms. The molecule has 0 aliphatic carbocycles. The highest BCUT2D eigenvalue weighted by molar-refractivity contribution is 7.88. The lowest BCUT2D eigenvalue weighted by molar-refractivity contribution is 0.0222. The highest BCUT2D eigenvalue weighted by Crippen LogP contribution is 2.43. The van der Waals surface area contributed by atoms with Crippen molar-refractivity contribution in [2.24, 2.45) is 5.92 Å². The van der Waals surface area contributed by atoms with Gasteiger partial charge in [0.1, 0.15) is 0 Å². The van der Waals surface area contributed by atoms with Gasteiger partial charge in [-0.2, -0.15) is 4.31 Å². The van der Waals surface area contributed by atoms with Crippen molar-refractivity contribution in [3.05, 3.63) is 35.4 Å². The molecule has 22 heavy (non-hydrogen) atoms. The second-order valence-corrected chi connectivity index (χ2v) is 8.97. The molecule has 0 radical (unpaired) electrons. The first-order chi connectivity index (χ1) is 10.5. The molecule has 5 heteroatoms. The predicted molar refractivity (Wildman–Crippen MR) is 87.1 cm³/mol. The molecule has 3 atom stereocenters. The smallest absolute Gasteiger partial charge is 0.211 e. The minimum Gasteiger partial charge on any atom is -0.296 e. The maximum Gasteiger partial charge on any atom is 0.211 e. The van der Waals surface area contributed by atoms with E-state index in [1.165, 1.54) is 23.8 Å². The summed E-state index contributed by atoms with van der Waals surface area (Å²) in [6, 6.07) is 9.28. The lowest BCUT2D eigenvalue weighted by Crippen LogP contribution is -2.57. The van der Waals surface area contributed by atoms with E-state index in [0.717, 1.165) is 32.4 Å². The molecule has 1 aromatic rings. The van der Waals surface area contributed by atoms with Crippen molar-refractivity contribution in [2.75, 3.05) is 25.9 Å². The monoisotopic (exact) mass is 320 g/mol. The van der Waals surface area contributed by atoms with Crippen LogP contribution in [0.3, 0.4) is 0 Å². The van der Waals surface area contributed by atoms with Crippen LogP contribution in [-0.2, 0) is 16.4 Å². The zero-order chi connectivity index (χ0) is 15.3. The highest BCUT2D eigenvalue weighted by atomic mass is 32.2. The van der Waals surface area contributed by atoms with Crippen LogP contribution in [0, 0.1) is 5.92 Å². The van der Waals surface area contributed by atoms with E-state index < -0.39 is 10.0 Å². The summed E-state index contributed by atoms with van der Waals surface area (Å²) >= 11 is 0. The molecule has 0 N–H and O–H groups in total. The highest BCUT2D eigenvalue weighted by Gasteiger charge is 2.44. The average molecular weight is 320 g/mol. The van der Waals surface area contributed by atoms with Crippen LogP contribution in [0.15, 0.2) is 24.3 Å². The predicted octanol–water partition coefficient (Wildman–Crippen LogP) is 2.03. The van der Waals surface area contributed by atoms with E-state index in [2.05, 4.69) is 29.2 Å². The lowest BCUT2D eigenvalue weighted by Gasteiger charge is -2.51. The molecule has 2 saturated heterocycles. The lowest BCUT2D eigenvalue weighted by atomic mass is 9.77. The summed E-state index contributed by atoms with van der Waals surface area (Å²) in [7, 11) is -3.10. The molecule has 4 rings (SSSR count). The summed E-state index contributed by atoms with van der Waals surface area (Å²) in [6.07, 6.45) is 5.62. The second-order valence-electron chi connectivity index (χ2n) is 7.04. The second kappa shape index (κ2) is 5.32. The Balaban J connectivity index is 1.67. The zero-order valence-corrected chi connectivity index (χ0v) is 13.9. The number of rotatable bonds is 1. The third-order valence-corrected chi connectivity index (χ3v) is 7.06. The van der Waals surface area contributed by atoms with Crippen LogP contribution in [0.1, 0.15) is 36.4 Å². The molecular formula is C17H24N2O2S. The topological polar surface area (TPSA) is 40.6 Å². The van der Waals surface area contributed by atoms with Crippen molar-refractivity contribution < 1.29 is 8.42 Å². The van der Waals surface area contributed by atoms with E-state index in [9.17, 15) is 8.42 Å². The fraction of sp³-hybridized carbons (Fsp3) is 0.647. The van der Waals surface area contributed by atoms with Crippen molar-refractivity contribution in [3.63, 3.8) is 0 Å². The van der Waals surface area contributed by atoms with Gasteiger partial charge in [-0.1, -0.05) is 24.3 Å².